The fourth-order valence-corrected chi connectivity index (χ4v) is 8.04. The van der Waals surface area contributed by atoms with Gasteiger partial charge in [0, 0.05) is 24.8 Å². The number of unbranched alkanes of at least 4 members (excludes halogenated alkanes) is 1. The summed E-state index contributed by atoms with van der Waals surface area (Å²) in [5.74, 6) is -2.63. The Hall–Kier alpha value is -5.04. The summed E-state index contributed by atoms with van der Waals surface area (Å²) in [6.07, 6.45) is 7.57. The highest BCUT2D eigenvalue weighted by Gasteiger charge is 2.42. The second-order valence-electron chi connectivity index (χ2n) is 17.7. The predicted octanol–water partition coefficient (Wildman–Crippen LogP) is 5.50. The molecule has 13 nitrogen and oxygen atoms in total. The Morgan fingerprint density at radius 1 is 0.902 bits per heavy atom. The third-order valence-corrected chi connectivity index (χ3v) is 12.0. The van der Waals surface area contributed by atoms with Crippen molar-refractivity contribution in [3.8, 4) is 5.75 Å². The van der Waals surface area contributed by atoms with Crippen molar-refractivity contribution in [2.45, 2.75) is 136 Å². The van der Waals surface area contributed by atoms with E-state index in [0.717, 1.165) is 43.2 Å². The maximum Gasteiger partial charge on any atom is 0.289 e. The average molecular weight is 844 g/mol. The fraction of sp³-hybridized carbons (Fsp3) is 0.583. The van der Waals surface area contributed by atoms with Gasteiger partial charge in [0.1, 0.15) is 23.9 Å². The highest BCUT2D eigenvalue weighted by Crippen LogP contribution is 2.32. The molecule has 2 aromatic carbocycles. The second kappa shape index (κ2) is 23.8. The first-order valence-electron chi connectivity index (χ1n) is 22.2. The van der Waals surface area contributed by atoms with E-state index in [-0.39, 0.29) is 60.8 Å². The first-order valence-corrected chi connectivity index (χ1v) is 22.2. The molecule has 5 N–H and O–H groups in total. The molecule has 1 heterocycles. The van der Waals surface area contributed by atoms with Crippen molar-refractivity contribution in [2.75, 3.05) is 26.3 Å². The number of likely N-dealkylation sites (tertiary alicyclic amines) is 1. The van der Waals surface area contributed by atoms with Gasteiger partial charge < -0.3 is 36.0 Å². The van der Waals surface area contributed by atoms with E-state index < -0.39 is 41.8 Å². The van der Waals surface area contributed by atoms with Crippen molar-refractivity contribution in [3.05, 3.63) is 78.0 Å². The lowest BCUT2D eigenvalue weighted by molar-refractivity contribution is -0.144. The Kier molecular flexibility index (Phi) is 19.0. The number of nitrogens with zero attached hydrogens (tertiary/aromatic N) is 1. The summed E-state index contributed by atoms with van der Waals surface area (Å²) in [4.78, 5) is 83.9. The van der Waals surface area contributed by atoms with Crippen LogP contribution in [0.1, 0.15) is 122 Å². The smallest absolute Gasteiger partial charge is 0.289 e. The van der Waals surface area contributed by atoms with Gasteiger partial charge in [-0.25, -0.2) is 0 Å². The lowest BCUT2D eigenvalue weighted by Crippen LogP contribution is -2.58. The molecule has 5 unspecified atom stereocenters. The second-order valence-corrected chi connectivity index (χ2v) is 17.7. The highest BCUT2D eigenvalue weighted by atomic mass is 16.5. The number of rotatable bonds is 23. The summed E-state index contributed by atoms with van der Waals surface area (Å²) in [5, 5.41) is 20.7. The Balaban J connectivity index is 1.39. The van der Waals surface area contributed by atoms with E-state index >= 15 is 0 Å². The van der Waals surface area contributed by atoms with Crippen molar-refractivity contribution >= 4 is 35.2 Å². The maximum absolute atomic E-state index is 14.4. The molecule has 1 saturated carbocycles. The Bertz CT molecular complexity index is 1800. The number of ether oxygens (including phenoxy) is 1. The number of carbonyl (C=O) groups excluding carboxylic acids is 6. The standard InChI is InChI=1S/C48H69N5O8/c1-7-18-38(44(57)46(59)49-31-32(2)50-41(35-20-10-8-11-21-35)43(56)33(3)48(4,5)6)51-45(58)39-25-17-26-53(39)47(60)42(36-22-12-9-13-23-36)52-40(55)30-34-19-16-24-37(29-34)61-28-15-14-27-54/h8,10-11,16,19-21,24,29,33,36,38-39,41-42,50,54H,2,7,9,12-15,17-18,22-23,25-28,30-31H2,1,3-6H3,(H,49,59)(H,51,58)(H,52,55). The molecule has 2 aromatic rings. The maximum atomic E-state index is 14.4. The van der Waals surface area contributed by atoms with Crippen molar-refractivity contribution < 1.29 is 38.6 Å². The van der Waals surface area contributed by atoms with Crippen LogP contribution in [0, 0.1) is 17.3 Å². The molecule has 61 heavy (non-hydrogen) atoms. The van der Waals surface area contributed by atoms with Gasteiger partial charge in [-0.1, -0.05) is 109 Å². The van der Waals surface area contributed by atoms with Gasteiger partial charge in [0.2, 0.25) is 23.5 Å². The lowest BCUT2D eigenvalue weighted by Gasteiger charge is -2.35. The number of amides is 4. The molecular formula is C48H69N5O8. The Morgan fingerprint density at radius 2 is 1.62 bits per heavy atom. The molecule has 1 aliphatic carbocycles. The van der Waals surface area contributed by atoms with Gasteiger partial charge >= 0.3 is 0 Å². The van der Waals surface area contributed by atoms with Crippen molar-refractivity contribution in [3.63, 3.8) is 0 Å². The molecule has 0 aromatic heterocycles. The molecule has 4 rings (SSSR count). The van der Waals surface area contributed by atoms with Gasteiger partial charge in [0.25, 0.3) is 5.91 Å². The molecule has 0 radical (unpaired) electrons. The Morgan fingerprint density at radius 3 is 2.30 bits per heavy atom. The molecule has 13 heteroatoms. The summed E-state index contributed by atoms with van der Waals surface area (Å²) in [5.41, 5.74) is 1.55. The van der Waals surface area contributed by atoms with Crippen LogP contribution in [0.25, 0.3) is 0 Å². The molecular weight excluding hydrogens is 775 g/mol. The van der Waals surface area contributed by atoms with Crippen LogP contribution in [-0.4, -0.2) is 89.6 Å². The van der Waals surface area contributed by atoms with Crippen LogP contribution in [0.15, 0.2) is 66.9 Å². The van der Waals surface area contributed by atoms with Crippen molar-refractivity contribution in [1.82, 2.24) is 26.2 Å². The molecule has 2 aliphatic rings. The number of hydrogen-bond acceptors (Lipinski definition) is 9. The van der Waals surface area contributed by atoms with Gasteiger partial charge in [-0.15, -0.1) is 0 Å². The minimum atomic E-state index is -1.12. The van der Waals surface area contributed by atoms with E-state index in [4.69, 9.17) is 9.84 Å². The zero-order valence-electron chi connectivity index (χ0n) is 36.9. The van der Waals surface area contributed by atoms with Crippen LogP contribution in [0.5, 0.6) is 5.75 Å². The zero-order valence-corrected chi connectivity index (χ0v) is 36.9. The number of hydrogen-bond donors (Lipinski definition) is 5. The number of carbonyl (C=O) groups is 6. The van der Waals surface area contributed by atoms with Crippen molar-refractivity contribution in [1.29, 1.82) is 0 Å². The summed E-state index contributed by atoms with van der Waals surface area (Å²) in [7, 11) is 0. The lowest BCUT2D eigenvalue weighted by atomic mass is 9.76. The fourth-order valence-electron chi connectivity index (χ4n) is 8.04. The number of aliphatic hydroxyl groups is 1. The van der Waals surface area contributed by atoms with Crippen molar-refractivity contribution in [2.24, 2.45) is 17.3 Å². The van der Waals surface area contributed by atoms with E-state index in [0.29, 0.717) is 56.7 Å². The molecule has 1 aliphatic heterocycles. The number of ketones is 2. The topological polar surface area (TPSA) is 183 Å². The van der Waals surface area contributed by atoms with Gasteiger partial charge in [0.15, 0.2) is 5.78 Å². The van der Waals surface area contributed by atoms with Gasteiger partial charge in [-0.2, -0.15) is 0 Å². The van der Waals surface area contributed by atoms with Gasteiger partial charge in [-0.05, 0) is 79.5 Å². The van der Waals surface area contributed by atoms with Crippen LogP contribution in [0.3, 0.4) is 0 Å². The molecule has 1 saturated heterocycles. The molecule has 0 spiro atoms. The number of Topliss-reactive ketones (excluding diaryl/α,β-unsaturated/α-hetero) is 2. The van der Waals surface area contributed by atoms with E-state index in [1.807, 2.05) is 83.1 Å². The van der Waals surface area contributed by atoms with Crippen LogP contribution in [0.4, 0.5) is 0 Å². The Labute approximate surface area is 362 Å². The minimum absolute atomic E-state index is 0.0291. The van der Waals surface area contributed by atoms with Crippen LogP contribution < -0.4 is 26.0 Å². The molecule has 2 fully saturated rings. The van der Waals surface area contributed by atoms with Crippen LogP contribution in [0.2, 0.25) is 0 Å². The van der Waals surface area contributed by atoms with Crippen LogP contribution >= 0.6 is 0 Å². The normalized spacial score (nSPS) is 17.6. The molecule has 4 amide bonds. The largest absolute Gasteiger partial charge is 0.494 e. The summed E-state index contributed by atoms with van der Waals surface area (Å²) in [6, 6.07) is 13.0. The first-order chi connectivity index (χ1) is 29.1. The van der Waals surface area contributed by atoms with E-state index in [1.165, 1.54) is 4.90 Å². The molecule has 334 valence electrons. The molecule has 5 atom stereocenters. The monoisotopic (exact) mass is 844 g/mol. The van der Waals surface area contributed by atoms with Gasteiger partial charge in [0.05, 0.1) is 25.6 Å². The third kappa shape index (κ3) is 14.5. The summed E-state index contributed by atoms with van der Waals surface area (Å²) in [6.45, 7) is 14.5. The average Bonchev–Trinajstić information content (AvgIpc) is 3.75. The van der Waals surface area contributed by atoms with E-state index in [1.54, 1.807) is 6.07 Å². The van der Waals surface area contributed by atoms with E-state index in [9.17, 15) is 28.8 Å². The SMILES string of the molecule is C=C(CNC(=O)C(=O)C(CCC)NC(=O)C1CCCN1C(=O)C(NC(=O)Cc1cccc(OCCCCO)c1)C1CCCCC1)NC(C(=O)C(C)C(C)(C)C)c1ccccc1. The quantitative estimate of drug-likeness (QED) is 0.0713. The minimum Gasteiger partial charge on any atom is -0.494 e. The first kappa shape index (κ1) is 48.6. The predicted molar refractivity (Wildman–Crippen MR) is 235 cm³/mol. The van der Waals surface area contributed by atoms with Crippen LogP contribution in [-0.2, 0) is 35.2 Å². The highest BCUT2D eigenvalue weighted by molar-refractivity contribution is 6.38. The summed E-state index contributed by atoms with van der Waals surface area (Å²) >= 11 is 0. The van der Waals surface area contributed by atoms with Gasteiger partial charge in [-0.3, -0.25) is 28.8 Å². The summed E-state index contributed by atoms with van der Waals surface area (Å²) < 4.78 is 5.79. The third-order valence-electron chi connectivity index (χ3n) is 12.0. The zero-order chi connectivity index (χ0) is 44.5. The number of aliphatic hydroxyl groups excluding tert-OH is 1. The number of benzene rings is 2. The van der Waals surface area contributed by atoms with E-state index in [2.05, 4.69) is 27.8 Å². The number of nitrogens with one attached hydrogen (secondary N) is 4. The molecule has 0 bridgehead atoms.